The van der Waals surface area contributed by atoms with Crippen LogP contribution in [0.1, 0.15) is 22.8 Å². The third-order valence-electron chi connectivity index (χ3n) is 3.75. The number of hydrogen-bond acceptors (Lipinski definition) is 5. The molecule has 0 aliphatic carbocycles. The molecule has 0 radical (unpaired) electrons. The topological polar surface area (TPSA) is 130 Å². The molecule has 8 nitrogen and oxygen atoms in total. The summed E-state index contributed by atoms with van der Waals surface area (Å²) < 4.78 is 25.3. The second-order valence-electron chi connectivity index (χ2n) is 6.20. The molecule has 27 heavy (non-hydrogen) atoms. The van der Waals surface area contributed by atoms with Gasteiger partial charge in [-0.25, -0.2) is 8.42 Å². The molecule has 0 aliphatic rings. The Hall–Kier alpha value is -3.07. The molecular weight excluding hydrogens is 368 g/mol. The van der Waals surface area contributed by atoms with Crippen molar-refractivity contribution in [2.24, 2.45) is 5.73 Å². The summed E-state index contributed by atoms with van der Waals surface area (Å²) in [5, 5.41) is 5.75. The molecular formula is C18H22N4O4S. The fourth-order valence-electron chi connectivity index (χ4n) is 2.31. The Labute approximate surface area is 158 Å². The molecule has 2 aromatic rings. The van der Waals surface area contributed by atoms with Crippen LogP contribution in [0.2, 0.25) is 0 Å². The van der Waals surface area contributed by atoms with Gasteiger partial charge < -0.3 is 16.4 Å². The summed E-state index contributed by atoms with van der Waals surface area (Å²) in [7, 11) is -3.40. The van der Waals surface area contributed by atoms with Gasteiger partial charge in [0.2, 0.25) is 21.8 Å². The van der Waals surface area contributed by atoms with Crippen LogP contribution in [-0.4, -0.2) is 32.5 Å². The van der Waals surface area contributed by atoms with Crippen molar-refractivity contribution in [3.8, 4) is 0 Å². The average Bonchev–Trinajstić information content (AvgIpc) is 2.57. The first-order chi connectivity index (χ1) is 12.5. The van der Waals surface area contributed by atoms with E-state index in [1.807, 2.05) is 0 Å². The van der Waals surface area contributed by atoms with Crippen LogP contribution in [0, 0.1) is 6.92 Å². The molecule has 2 aromatic carbocycles. The van der Waals surface area contributed by atoms with Crippen molar-refractivity contribution < 1.29 is 18.0 Å². The molecule has 0 saturated heterocycles. The second-order valence-corrected chi connectivity index (χ2v) is 7.95. The largest absolute Gasteiger partial charge is 0.374 e. The van der Waals surface area contributed by atoms with E-state index >= 15 is 0 Å². The van der Waals surface area contributed by atoms with E-state index in [-0.39, 0.29) is 5.91 Å². The summed E-state index contributed by atoms with van der Waals surface area (Å²) in [6.07, 6.45) is 1.08. The Kier molecular flexibility index (Phi) is 6.06. The van der Waals surface area contributed by atoms with E-state index in [0.717, 1.165) is 11.8 Å². The van der Waals surface area contributed by atoms with E-state index in [2.05, 4.69) is 15.4 Å². The van der Waals surface area contributed by atoms with E-state index in [0.29, 0.717) is 22.6 Å². The van der Waals surface area contributed by atoms with Crippen molar-refractivity contribution in [3.63, 3.8) is 0 Å². The first kappa shape index (κ1) is 20.2. The number of nitrogens with two attached hydrogens (primary N) is 1. The van der Waals surface area contributed by atoms with E-state index < -0.39 is 22.0 Å². The van der Waals surface area contributed by atoms with Crippen LogP contribution in [-0.2, 0) is 14.8 Å². The predicted molar refractivity (Wildman–Crippen MR) is 106 cm³/mol. The molecule has 1 unspecified atom stereocenters. The smallest absolute Gasteiger partial charge is 0.248 e. The van der Waals surface area contributed by atoms with E-state index in [1.165, 1.54) is 12.1 Å². The maximum absolute atomic E-state index is 12.3. The van der Waals surface area contributed by atoms with Gasteiger partial charge in [-0.05, 0) is 55.8 Å². The summed E-state index contributed by atoms with van der Waals surface area (Å²) in [5.41, 5.74) is 7.86. The van der Waals surface area contributed by atoms with E-state index in [4.69, 9.17) is 5.73 Å². The van der Waals surface area contributed by atoms with Crippen LogP contribution in [0.15, 0.2) is 42.5 Å². The molecule has 0 aliphatic heterocycles. The Morgan fingerprint density at radius 2 is 1.63 bits per heavy atom. The van der Waals surface area contributed by atoms with Crippen molar-refractivity contribution in [3.05, 3.63) is 53.6 Å². The molecule has 9 heteroatoms. The molecule has 5 N–H and O–H groups in total. The summed E-state index contributed by atoms with van der Waals surface area (Å²) in [6, 6.07) is 10.8. The van der Waals surface area contributed by atoms with Gasteiger partial charge >= 0.3 is 0 Å². The zero-order valence-corrected chi connectivity index (χ0v) is 16.1. The number of nitrogens with one attached hydrogen (secondary N) is 3. The van der Waals surface area contributed by atoms with Gasteiger partial charge in [-0.15, -0.1) is 0 Å². The van der Waals surface area contributed by atoms with Crippen LogP contribution < -0.4 is 21.1 Å². The molecule has 0 fully saturated rings. The quantitative estimate of drug-likeness (QED) is 0.574. The standard InChI is InChI=1S/C18H22N4O4S/c1-11-4-7-15(10-16(11)22-27(3,25)26)20-12(2)18(24)21-14-8-5-13(6-9-14)17(19)23/h4-10,12,20,22H,1-3H3,(H2,19,23)(H,21,24). The molecule has 0 saturated carbocycles. The summed E-state index contributed by atoms with van der Waals surface area (Å²) >= 11 is 0. The van der Waals surface area contributed by atoms with Gasteiger partial charge in [0.1, 0.15) is 6.04 Å². The lowest BCUT2D eigenvalue weighted by Gasteiger charge is -2.17. The molecule has 144 valence electrons. The Morgan fingerprint density at radius 1 is 1.04 bits per heavy atom. The van der Waals surface area contributed by atoms with Crippen molar-refractivity contribution >= 4 is 38.9 Å². The Bertz CT molecular complexity index is 956. The third-order valence-corrected chi connectivity index (χ3v) is 4.34. The van der Waals surface area contributed by atoms with Crippen LogP contribution in [0.25, 0.3) is 0 Å². The minimum Gasteiger partial charge on any atom is -0.374 e. The molecule has 2 rings (SSSR count). The van der Waals surface area contributed by atoms with Crippen molar-refractivity contribution in [2.45, 2.75) is 19.9 Å². The number of rotatable bonds is 7. The Balaban J connectivity index is 2.05. The van der Waals surface area contributed by atoms with Crippen LogP contribution in [0.4, 0.5) is 17.1 Å². The molecule has 0 heterocycles. The van der Waals surface area contributed by atoms with Gasteiger partial charge in [0.25, 0.3) is 0 Å². The summed E-state index contributed by atoms with van der Waals surface area (Å²) in [4.78, 5) is 23.4. The number of sulfonamides is 1. The van der Waals surface area contributed by atoms with Crippen molar-refractivity contribution in [1.82, 2.24) is 0 Å². The maximum Gasteiger partial charge on any atom is 0.248 e. The third kappa shape index (κ3) is 6.00. The minimum atomic E-state index is -3.40. The van der Waals surface area contributed by atoms with Crippen molar-refractivity contribution in [1.29, 1.82) is 0 Å². The SMILES string of the molecule is Cc1ccc(NC(C)C(=O)Nc2ccc(C(N)=O)cc2)cc1NS(C)(=O)=O. The van der Waals surface area contributed by atoms with E-state index in [1.54, 1.807) is 44.2 Å². The van der Waals surface area contributed by atoms with Crippen LogP contribution in [0.5, 0.6) is 0 Å². The lowest BCUT2D eigenvalue weighted by molar-refractivity contribution is -0.116. The molecule has 0 bridgehead atoms. The second kappa shape index (κ2) is 8.09. The van der Waals surface area contributed by atoms with Gasteiger partial charge in [-0.3, -0.25) is 14.3 Å². The van der Waals surface area contributed by atoms with Gasteiger partial charge in [0.05, 0.1) is 11.9 Å². The number of hydrogen-bond donors (Lipinski definition) is 4. The Morgan fingerprint density at radius 3 is 2.19 bits per heavy atom. The maximum atomic E-state index is 12.3. The number of carbonyl (C=O) groups is 2. The zero-order chi connectivity index (χ0) is 20.2. The van der Waals surface area contributed by atoms with E-state index in [9.17, 15) is 18.0 Å². The van der Waals surface area contributed by atoms with Crippen molar-refractivity contribution in [2.75, 3.05) is 21.6 Å². The van der Waals surface area contributed by atoms with Gasteiger partial charge in [0.15, 0.2) is 0 Å². The fourth-order valence-corrected chi connectivity index (χ4v) is 2.92. The fraction of sp³-hybridized carbons (Fsp3) is 0.222. The number of amides is 2. The predicted octanol–water partition coefficient (Wildman–Crippen LogP) is 1.90. The lowest BCUT2D eigenvalue weighted by atomic mass is 10.1. The highest BCUT2D eigenvalue weighted by molar-refractivity contribution is 7.92. The molecule has 0 aromatic heterocycles. The zero-order valence-electron chi connectivity index (χ0n) is 15.2. The number of primary amides is 1. The minimum absolute atomic E-state index is 0.292. The van der Waals surface area contributed by atoms with Crippen LogP contribution >= 0.6 is 0 Å². The number of anilines is 3. The first-order valence-electron chi connectivity index (χ1n) is 8.11. The summed E-state index contributed by atoms with van der Waals surface area (Å²) in [5.74, 6) is -0.833. The monoisotopic (exact) mass is 390 g/mol. The summed E-state index contributed by atoms with van der Waals surface area (Å²) in [6.45, 7) is 3.46. The van der Waals surface area contributed by atoms with Gasteiger partial charge in [-0.2, -0.15) is 0 Å². The number of benzene rings is 2. The number of aryl methyl sites for hydroxylation is 1. The highest BCUT2D eigenvalue weighted by atomic mass is 32.2. The normalized spacial score (nSPS) is 12.1. The molecule has 0 spiro atoms. The van der Waals surface area contributed by atoms with Gasteiger partial charge in [-0.1, -0.05) is 6.07 Å². The molecule has 2 amide bonds. The average molecular weight is 390 g/mol. The highest BCUT2D eigenvalue weighted by Crippen LogP contribution is 2.22. The number of carbonyl (C=O) groups excluding carboxylic acids is 2. The van der Waals surface area contributed by atoms with Crippen LogP contribution in [0.3, 0.4) is 0 Å². The first-order valence-corrected chi connectivity index (χ1v) is 10.00. The highest BCUT2D eigenvalue weighted by Gasteiger charge is 2.14. The molecule has 1 atom stereocenters. The lowest BCUT2D eigenvalue weighted by Crippen LogP contribution is -2.31. The van der Waals surface area contributed by atoms with Gasteiger partial charge in [0, 0.05) is 16.9 Å².